The number of carbonyl (C=O) groups is 1. The third-order valence-electron chi connectivity index (χ3n) is 4.95. The Kier molecular flexibility index (Phi) is 4.71. The van der Waals surface area contributed by atoms with Crippen molar-refractivity contribution in [2.24, 2.45) is 0 Å². The van der Waals surface area contributed by atoms with Crippen molar-refractivity contribution in [1.82, 2.24) is 9.97 Å². The molecule has 4 rings (SSSR count). The fourth-order valence-electron chi connectivity index (χ4n) is 3.67. The molecular weight excluding hydrogens is 338 g/mol. The predicted molar refractivity (Wildman–Crippen MR) is 111 cm³/mol. The zero-order chi connectivity index (χ0) is 18.8. The Hall–Kier alpha value is -3.02. The van der Waals surface area contributed by atoms with Crippen LogP contribution in [0.25, 0.3) is 10.9 Å². The van der Waals surface area contributed by atoms with E-state index in [-0.39, 0.29) is 0 Å². The normalized spacial score (nSPS) is 14.8. The van der Waals surface area contributed by atoms with Gasteiger partial charge in [-0.25, -0.2) is 4.98 Å². The van der Waals surface area contributed by atoms with Crippen molar-refractivity contribution in [2.45, 2.75) is 19.9 Å². The molecule has 0 bridgehead atoms. The molecule has 0 spiro atoms. The lowest BCUT2D eigenvalue weighted by atomic mass is 10.2. The van der Waals surface area contributed by atoms with Crippen LogP contribution in [0.1, 0.15) is 24.2 Å². The van der Waals surface area contributed by atoms with Gasteiger partial charge in [-0.2, -0.15) is 0 Å². The highest BCUT2D eigenvalue weighted by Gasteiger charge is 2.21. The van der Waals surface area contributed by atoms with Crippen LogP contribution >= 0.6 is 0 Å². The number of piperazine rings is 1. The first kappa shape index (κ1) is 17.4. The van der Waals surface area contributed by atoms with E-state index in [1.165, 1.54) is 0 Å². The molecule has 0 saturated carbocycles. The number of hydrogen-bond donors (Lipinski definition) is 2. The highest BCUT2D eigenvalue weighted by molar-refractivity contribution is 5.97. The van der Waals surface area contributed by atoms with Gasteiger partial charge in [0, 0.05) is 49.4 Å². The van der Waals surface area contributed by atoms with Crippen LogP contribution in [-0.4, -0.2) is 48.5 Å². The zero-order valence-corrected chi connectivity index (χ0v) is 15.8. The van der Waals surface area contributed by atoms with Gasteiger partial charge in [-0.15, -0.1) is 0 Å². The summed E-state index contributed by atoms with van der Waals surface area (Å²) in [6, 6.07) is 12.4. The van der Waals surface area contributed by atoms with Gasteiger partial charge in [-0.3, -0.25) is 4.79 Å². The van der Waals surface area contributed by atoms with E-state index in [0.717, 1.165) is 60.7 Å². The van der Waals surface area contributed by atoms with Gasteiger partial charge >= 0.3 is 0 Å². The molecular formula is C21H25N5O. The van der Waals surface area contributed by atoms with Gasteiger partial charge in [0.25, 0.3) is 0 Å². The number of aromatic amines is 1. The number of nitrogens with one attached hydrogen (secondary N) is 2. The van der Waals surface area contributed by atoms with Crippen molar-refractivity contribution in [3.8, 4) is 0 Å². The van der Waals surface area contributed by atoms with Gasteiger partial charge in [-0.1, -0.05) is 12.1 Å². The van der Waals surface area contributed by atoms with Crippen molar-refractivity contribution < 1.29 is 4.79 Å². The summed E-state index contributed by atoms with van der Waals surface area (Å²) >= 11 is 0. The van der Waals surface area contributed by atoms with Gasteiger partial charge in [-0.05, 0) is 38.1 Å². The van der Waals surface area contributed by atoms with Crippen LogP contribution in [0, 0.1) is 0 Å². The van der Waals surface area contributed by atoms with Crippen molar-refractivity contribution in [3.05, 3.63) is 48.2 Å². The maximum absolute atomic E-state index is 11.3. The van der Waals surface area contributed by atoms with Gasteiger partial charge in [0.05, 0.1) is 11.2 Å². The number of carbonyl (C=O) groups excluding carboxylic acids is 1. The van der Waals surface area contributed by atoms with Gasteiger partial charge in [0.2, 0.25) is 0 Å². The lowest BCUT2D eigenvalue weighted by Crippen LogP contribution is -2.47. The molecule has 1 saturated heterocycles. The summed E-state index contributed by atoms with van der Waals surface area (Å²) in [5.41, 5.74) is 2.70. The standard InChI is InChI=1S/C21H25N5O/c1-15(2)23-18-7-4-8-22-21(18)26-11-9-25(10-12-26)19-13-16-5-3-6-17(14-27)20(16)24-19/h3-8,13-15,23-24H,9-12H2,1-2H3. The average Bonchev–Trinajstić information content (AvgIpc) is 3.12. The quantitative estimate of drug-likeness (QED) is 0.679. The largest absolute Gasteiger partial charge is 0.380 e. The second kappa shape index (κ2) is 7.31. The molecule has 6 heteroatoms. The number of H-pyrrole nitrogens is 1. The number of aldehydes is 1. The summed E-state index contributed by atoms with van der Waals surface area (Å²) in [6.07, 6.45) is 2.76. The number of benzene rings is 1. The summed E-state index contributed by atoms with van der Waals surface area (Å²) in [5, 5.41) is 4.56. The number of nitrogens with zero attached hydrogens (tertiary/aromatic N) is 3. The Balaban J connectivity index is 1.51. The van der Waals surface area contributed by atoms with Crippen LogP contribution < -0.4 is 15.1 Å². The van der Waals surface area contributed by atoms with Crippen molar-refractivity contribution in [1.29, 1.82) is 0 Å². The van der Waals surface area contributed by atoms with E-state index in [1.807, 2.05) is 30.5 Å². The fraction of sp³-hybridized carbons (Fsp3) is 0.333. The predicted octanol–water partition coefficient (Wildman–Crippen LogP) is 3.52. The van der Waals surface area contributed by atoms with E-state index in [4.69, 9.17) is 0 Å². The fourth-order valence-corrected chi connectivity index (χ4v) is 3.67. The third kappa shape index (κ3) is 3.47. The van der Waals surface area contributed by atoms with Gasteiger partial charge in [0.1, 0.15) is 5.82 Å². The van der Waals surface area contributed by atoms with Crippen LogP contribution in [0.4, 0.5) is 17.3 Å². The Morgan fingerprint density at radius 1 is 1.11 bits per heavy atom. The van der Waals surface area contributed by atoms with E-state index in [9.17, 15) is 4.79 Å². The Morgan fingerprint density at radius 2 is 1.89 bits per heavy atom. The van der Waals surface area contributed by atoms with Crippen molar-refractivity contribution >= 4 is 34.5 Å². The second-order valence-electron chi connectivity index (χ2n) is 7.23. The van der Waals surface area contributed by atoms with Gasteiger partial charge < -0.3 is 20.1 Å². The number of pyridine rings is 1. The van der Waals surface area contributed by atoms with Crippen LogP contribution in [-0.2, 0) is 0 Å². The minimum Gasteiger partial charge on any atom is -0.380 e. The Morgan fingerprint density at radius 3 is 2.63 bits per heavy atom. The molecule has 1 aliphatic heterocycles. The minimum absolute atomic E-state index is 0.368. The monoisotopic (exact) mass is 363 g/mol. The number of fused-ring (bicyclic) bond motifs is 1. The van der Waals surface area contributed by atoms with Gasteiger partial charge in [0.15, 0.2) is 12.1 Å². The van der Waals surface area contributed by atoms with E-state index in [1.54, 1.807) is 0 Å². The molecule has 1 aromatic carbocycles. The van der Waals surface area contributed by atoms with Crippen molar-refractivity contribution in [3.63, 3.8) is 0 Å². The van der Waals surface area contributed by atoms with Crippen molar-refractivity contribution in [2.75, 3.05) is 41.3 Å². The molecule has 0 atom stereocenters. The first-order valence-electron chi connectivity index (χ1n) is 9.44. The molecule has 140 valence electrons. The molecule has 2 aromatic heterocycles. The second-order valence-corrected chi connectivity index (χ2v) is 7.23. The van der Waals surface area contributed by atoms with Crippen LogP contribution in [0.2, 0.25) is 0 Å². The zero-order valence-electron chi connectivity index (χ0n) is 15.8. The highest BCUT2D eigenvalue weighted by atomic mass is 16.1. The van der Waals surface area contributed by atoms with Crippen LogP contribution in [0.3, 0.4) is 0 Å². The lowest BCUT2D eigenvalue weighted by Gasteiger charge is -2.36. The van der Waals surface area contributed by atoms with E-state index in [2.05, 4.69) is 51.1 Å². The van der Waals surface area contributed by atoms with Crippen LogP contribution in [0.5, 0.6) is 0 Å². The molecule has 3 heterocycles. The molecule has 0 unspecified atom stereocenters. The smallest absolute Gasteiger partial charge is 0.152 e. The lowest BCUT2D eigenvalue weighted by molar-refractivity contribution is 0.112. The van der Waals surface area contributed by atoms with E-state index >= 15 is 0 Å². The molecule has 3 aromatic rings. The first-order valence-corrected chi connectivity index (χ1v) is 9.44. The number of anilines is 3. The molecule has 27 heavy (non-hydrogen) atoms. The van der Waals surface area contributed by atoms with E-state index in [0.29, 0.717) is 11.6 Å². The van der Waals surface area contributed by atoms with Crippen LogP contribution in [0.15, 0.2) is 42.6 Å². The summed E-state index contributed by atoms with van der Waals surface area (Å²) in [5.74, 6) is 2.09. The maximum atomic E-state index is 11.3. The summed E-state index contributed by atoms with van der Waals surface area (Å²) in [7, 11) is 0. The molecule has 6 nitrogen and oxygen atoms in total. The van der Waals surface area contributed by atoms with E-state index < -0.39 is 0 Å². The average molecular weight is 363 g/mol. The minimum atomic E-state index is 0.368. The molecule has 2 N–H and O–H groups in total. The summed E-state index contributed by atoms with van der Waals surface area (Å²) < 4.78 is 0. The maximum Gasteiger partial charge on any atom is 0.152 e. The number of rotatable bonds is 5. The highest BCUT2D eigenvalue weighted by Crippen LogP contribution is 2.28. The Labute approximate surface area is 159 Å². The SMILES string of the molecule is CC(C)Nc1cccnc1N1CCN(c2cc3cccc(C=O)c3[nH]2)CC1. The number of hydrogen-bond acceptors (Lipinski definition) is 5. The molecule has 1 fully saturated rings. The summed E-state index contributed by atoms with van der Waals surface area (Å²) in [4.78, 5) is 24.0. The molecule has 0 aliphatic carbocycles. The topological polar surface area (TPSA) is 64.3 Å². The summed E-state index contributed by atoms with van der Waals surface area (Å²) in [6.45, 7) is 7.89. The number of aromatic nitrogens is 2. The number of para-hydroxylation sites is 1. The third-order valence-corrected chi connectivity index (χ3v) is 4.95. The molecule has 1 aliphatic rings. The molecule has 0 amide bonds. The first-order chi connectivity index (χ1) is 13.2. The Bertz CT molecular complexity index is 941. The molecule has 0 radical (unpaired) electrons.